The molecule has 180 valence electrons. The summed E-state index contributed by atoms with van der Waals surface area (Å²) in [6.07, 6.45) is 8.35. The average Bonchev–Trinajstić information content (AvgIpc) is 3.63. The first-order valence-electron chi connectivity index (χ1n) is 12.8. The molecule has 0 radical (unpaired) electrons. The molecule has 4 aliphatic rings. The molecule has 2 aromatic rings. The molecule has 3 fully saturated rings. The van der Waals surface area contributed by atoms with E-state index in [1.54, 1.807) is 0 Å². The Balaban J connectivity index is 1.26. The Bertz CT molecular complexity index is 1050. The van der Waals surface area contributed by atoms with E-state index in [0.717, 1.165) is 30.0 Å². The van der Waals surface area contributed by atoms with Crippen LogP contribution in [0.1, 0.15) is 67.7 Å². The number of fused-ring (bicyclic) bond motifs is 1. The predicted octanol–water partition coefficient (Wildman–Crippen LogP) is 4.88. The van der Waals surface area contributed by atoms with Crippen LogP contribution in [0.4, 0.5) is 22.2 Å². The molecule has 3 heterocycles. The highest BCUT2D eigenvalue weighted by Crippen LogP contribution is 2.37. The number of carbonyl (C=O) groups is 1. The largest absolute Gasteiger partial charge is 0.465 e. The Kier molecular flexibility index (Phi) is 5.77. The number of hydrogen-bond acceptors (Lipinski definition) is 6. The number of nitrogens with zero attached hydrogens (tertiary/aromatic N) is 4. The number of rotatable bonds is 5. The summed E-state index contributed by atoms with van der Waals surface area (Å²) in [5.74, 6) is 2.70. The number of amides is 1. The molecule has 1 saturated heterocycles. The Morgan fingerprint density at radius 1 is 1.03 bits per heavy atom. The van der Waals surface area contributed by atoms with Crippen molar-refractivity contribution in [2.75, 3.05) is 29.9 Å². The monoisotopic (exact) mass is 463 g/mol. The highest BCUT2D eigenvalue weighted by atomic mass is 16.5. The summed E-state index contributed by atoms with van der Waals surface area (Å²) in [4.78, 5) is 25.0. The Morgan fingerprint density at radius 2 is 1.82 bits per heavy atom. The maximum atomic E-state index is 11.7. The van der Waals surface area contributed by atoms with E-state index in [1.165, 1.54) is 55.4 Å². The summed E-state index contributed by atoms with van der Waals surface area (Å²) < 4.78 is 5.98. The van der Waals surface area contributed by atoms with E-state index in [2.05, 4.69) is 34.5 Å². The number of carboxylic acid groups (broad SMARTS) is 1. The first-order chi connectivity index (χ1) is 16.6. The molecule has 8 nitrogen and oxygen atoms in total. The fourth-order valence-corrected chi connectivity index (χ4v) is 5.64. The van der Waals surface area contributed by atoms with Crippen molar-refractivity contribution in [3.8, 4) is 0 Å². The zero-order valence-corrected chi connectivity index (χ0v) is 19.6. The number of hydrogen-bond donors (Lipinski definition) is 2. The lowest BCUT2D eigenvalue weighted by atomic mass is 9.84. The van der Waals surface area contributed by atoms with E-state index in [4.69, 9.17) is 14.7 Å². The van der Waals surface area contributed by atoms with Crippen LogP contribution in [0.15, 0.2) is 24.3 Å². The molecule has 1 unspecified atom stereocenters. The summed E-state index contributed by atoms with van der Waals surface area (Å²) in [6.45, 7) is 2.82. The van der Waals surface area contributed by atoms with Crippen molar-refractivity contribution < 1.29 is 14.6 Å². The number of aromatic nitrogens is 2. The van der Waals surface area contributed by atoms with Gasteiger partial charge in [-0.2, -0.15) is 4.98 Å². The van der Waals surface area contributed by atoms with Crippen LogP contribution in [0.2, 0.25) is 0 Å². The maximum absolute atomic E-state index is 11.7. The molecule has 1 aromatic carbocycles. The number of nitrogens with one attached hydrogen (secondary N) is 1. The predicted molar refractivity (Wildman–Crippen MR) is 130 cm³/mol. The van der Waals surface area contributed by atoms with Crippen molar-refractivity contribution in [3.05, 3.63) is 41.1 Å². The van der Waals surface area contributed by atoms with Crippen molar-refractivity contribution in [1.82, 2.24) is 14.9 Å². The van der Waals surface area contributed by atoms with Crippen molar-refractivity contribution in [1.29, 1.82) is 0 Å². The van der Waals surface area contributed by atoms with Crippen LogP contribution in [0.5, 0.6) is 0 Å². The number of ether oxygens (including phenoxy) is 1. The van der Waals surface area contributed by atoms with Crippen LogP contribution in [-0.2, 0) is 17.8 Å². The second-order valence-electron chi connectivity index (χ2n) is 10.2. The standard InChI is InChI=1S/C26H33N5O3/c32-26(33)31-14-21-22(15-31)28-25(30-12-13-34-23(16-30)19-6-7-19)29-24(21)27-20-10-8-18(9-11-20)17-4-2-1-3-5-17/h8-11,17,19,23H,1-7,12-16H2,(H,32,33)(H,27,28,29). The SMILES string of the molecule is O=C(O)N1Cc2nc(N3CCOC(C4CC4)C3)nc(Nc3ccc(C4CCCCC4)cc3)c2C1. The molecule has 2 aliphatic carbocycles. The summed E-state index contributed by atoms with van der Waals surface area (Å²) in [7, 11) is 0. The zero-order valence-electron chi connectivity index (χ0n) is 19.6. The highest BCUT2D eigenvalue weighted by molar-refractivity contribution is 5.69. The minimum atomic E-state index is -0.928. The van der Waals surface area contributed by atoms with E-state index in [0.29, 0.717) is 43.3 Å². The summed E-state index contributed by atoms with van der Waals surface area (Å²) >= 11 is 0. The van der Waals surface area contributed by atoms with E-state index < -0.39 is 6.09 Å². The van der Waals surface area contributed by atoms with Gasteiger partial charge in [-0.05, 0) is 55.2 Å². The fraction of sp³-hybridized carbons (Fsp3) is 0.577. The van der Waals surface area contributed by atoms with E-state index in [9.17, 15) is 9.90 Å². The molecule has 2 N–H and O–H groups in total. The van der Waals surface area contributed by atoms with Gasteiger partial charge in [0.1, 0.15) is 5.82 Å². The number of anilines is 3. The molecular weight excluding hydrogens is 430 g/mol. The topological polar surface area (TPSA) is 90.8 Å². The van der Waals surface area contributed by atoms with Gasteiger partial charge in [-0.1, -0.05) is 31.4 Å². The first-order valence-corrected chi connectivity index (χ1v) is 12.8. The number of benzene rings is 1. The third kappa shape index (κ3) is 4.43. The van der Waals surface area contributed by atoms with Crippen molar-refractivity contribution in [3.63, 3.8) is 0 Å². The minimum absolute atomic E-state index is 0.241. The molecule has 6 rings (SSSR count). The lowest BCUT2D eigenvalue weighted by Gasteiger charge is -2.33. The Hall–Kier alpha value is -2.87. The van der Waals surface area contributed by atoms with Gasteiger partial charge in [-0.15, -0.1) is 0 Å². The molecule has 0 bridgehead atoms. The van der Waals surface area contributed by atoms with Gasteiger partial charge in [0.15, 0.2) is 0 Å². The third-order valence-electron chi connectivity index (χ3n) is 7.82. The third-order valence-corrected chi connectivity index (χ3v) is 7.82. The van der Waals surface area contributed by atoms with E-state index in [-0.39, 0.29) is 6.10 Å². The van der Waals surface area contributed by atoms with Crippen molar-refractivity contribution >= 4 is 23.5 Å². The van der Waals surface area contributed by atoms with Crippen molar-refractivity contribution in [2.45, 2.75) is 70.1 Å². The van der Waals surface area contributed by atoms with Crippen LogP contribution in [-0.4, -0.2) is 51.9 Å². The number of morpholine rings is 1. The molecule has 1 aromatic heterocycles. The van der Waals surface area contributed by atoms with Gasteiger partial charge in [0.2, 0.25) is 5.95 Å². The van der Waals surface area contributed by atoms with Gasteiger partial charge >= 0.3 is 6.09 Å². The van der Waals surface area contributed by atoms with Crippen LogP contribution < -0.4 is 10.2 Å². The smallest absolute Gasteiger partial charge is 0.407 e. The molecule has 2 aliphatic heterocycles. The van der Waals surface area contributed by atoms with Crippen LogP contribution in [0.3, 0.4) is 0 Å². The van der Waals surface area contributed by atoms with Gasteiger partial charge in [0, 0.05) is 24.3 Å². The average molecular weight is 464 g/mol. The zero-order chi connectivity index (χ0) is 23.1. The van der Waals surface area contributed by atoms with E-state index in [1.807, 2.05) is 0 Å². The molecule has 8 heteroatoms. The second-order valence-corrected chi connectivity index (χ2v) is 10.2. The molecule has 0 spiro atoms. The summed E-state index contributed by atoms with van der Waals surface area (Å²) in [5.41, 5.74) is 4.05. The Morgan fingerprint density at radius 3 is 2.56 bits per heavy atom. The summed E-state index contributed by atoms with van der Waals surface area (Å²) in [5, 5.41) is 13.1. The lowest BCUT2D eigenvalue weighted by molar-refractivity contribution is 0.0258. The Labute approximate surface area is 200 Å². The van der Waals surface area contributed by atoms with Gasteiger partial charge in [-0.25, -0.2) is 9.78 Å². The molecule has 2 saturated carbocycles. The molecule has 1 amide bonds. The van der Waals surface area contributed by atoms with Gasteiger partial charge < -0.3 is 20.1 Å². The van der Waals surface area contributed by atoms with Crippen molar-refractivity contribution in [2.24, 2.45) is 5.92 Å². The maximum Gasteiger partial charge on any atom is 0.407 e. The van der Waals surface area contributed by atoms with E-state index >= 15 is 0 Å². The van der Waals surface area contributed by atoms with Crippen LogP contribution in [0.25, 0.3) is 0 Å². The molecular formula is C26H33N5O3. The molecule has 34 heavy (non-hydrogen) atoms. The van der Waals surface area contributed by atoms with Crippen LogP contribution in [0, 0.1) is 5.92 Å². The quantitative estimate of drug-likeness (QED) is 0.653. The van der Waals surface area contributed by atoms with Gasteiger partial charge in [0.25, 0.3) is 0 Å². The van der Waals surface area contributed by atoms with Crippen LogP contribution >= 0.6 is 0 Å². The minimum Gasteiger partial charge on any atom is -0.465 e. The summed E-state index contributed by atoms with van der Waals surface area (Å²) in [6, 6.07) is 8.71. The highest BCUT2D eigenvalue weighted by Gasteiger charge is 2.37. The van der Waals surface area contributed by atoms with Gasteiger partial charge in [-0.3, -0.25) is 4.90 Å². The molecule has 1 atom stereocenters. The fourth-order valence-electron chi connectivity index (χ4n) is 5.64. The second kappa shape index (κ2) is 9.06. The first kappa shape index (κ1) is 21.6. The lowest BCUT2D eigenvalue weighted by Crippen LogP contribution is -2.44. The van der Waals surface area contributed by atoms with Gasteiger partial charge in [0.05, 0.1) is 31.5 Å². The normalized spacial score (nSPS) is 23.1.